The van der Waals surface area contributed by atoms with Crippen molar-refractivity contribution in [2.45, 2.75) is 25.7 Å². The predicted octanol–water partition coefficient (Wildman–Crippen LogP) is 3.02. The third-order valence-electron chi connectivity index (χ3n) is 5.53. The fourth-order valence-corrected chi connectivity index (χ4v) is 4.06. The summed E-state index contributed by atoms with van der Waals surface area (Å²) in [5.41, 5.74) is 4.63. The summed E-state index contributed by atoms with van der Waals surface area (Å²) in [6.07, 6.45) is 1.53. The maximum atomic E-state index is 12.3. The van der Waals surface area contributed by atoms with Crippen LogP contribution in [-0.4, -0.2) is 47.2 Å². The van der Waals surface area contributed by atoms with Gasteiger partial charge >= 0.3 is 0 Å². The van der Waals surface area contributed by atoms with Crippen molar-refractivity contribution in [1.29, 1.82) is 0 Å². The monoisotopic (exact) mass is 362 g/mol. The first-order valence-corrected chi connectivity index (χ1v) is 9.67. The number of aromatic nitrogens is 2. The number of aromatic amines is 1. The SMILES string of the molecule is Cc1ccccc1C1CCN(CCNC(=O)Cc2[nH]nc3ccccc23)C1. The van der Waals surface area contributed by atoms with Crippen LogP contribution in [0.15, 0.2) is 48.5 Å². The normalized spacial score (nSPS) is 17.4. The van der Waals surface area contributed by atoms with Crippen molar-refractivity contribution in [3.05, 3.63) is 65.4 Å². The average Bonchev–Trinajstić information content (AvgIpc) is 3.30. The standard InChI is InChI=1S/C22H26N4O/c1-16-6-2-3-7-18(16)17-10-12-26(15-17)13-11-23-22(27)14-21-19-8-4-5-9-20(19)24-25-21/h2-9,17H,10-15H2,1H3,(H,23,27)(H,24,25). The molecule has 1 atom stereocenters. The van der Waals surface area contributed by atoms with Crippen molar-refractivity contribution in [3.63, 3.8) is 0 Å². The number of likely N-dealkylation sites (tertiary alicyclic amines) is 1. The summed E-state index contributed by atoms with van der Waals surface area (Å²) in [6, 6.07) is 16.5. The summed E-state index contributed by atoms with van der Waals surface area (Å²) in [5, 5.41) is 11.3. The number of H-pyrrole nitrogens is 1. The number of aryl methyl sites for hydroxylation is 1. The Labute approximate surface area is 159 Å². The van der Waals surface area contributed by atoms with Gasteiger partial charge in [0.05, 0.1) is 17.6 Å². The van der Waals surface area contributed by atoms with E-state index in [-0.39, 0.29) is 5.91 Å². The molecule has 0 aliphatic carbocycles. The number of benzene rings is 2. The van der Waals surface area contributed by atoms with E-state index in [0.717, 1.165) is 36.2 Å². The van der Waals surface area contributed by atoms with E-state index >= 15 is 0 Å². The van der Waals surface area contributed by atoms with Crippen molar-refractivity contribution in [1.82, 2.24) is 20.4 Å². The fourth-order valence-electron chi connectivity index (χ4n) is 4.06. The molecular weight excluding hydrogens is 336 g/mol. The van der Waals surface area contributed by atoms with Gasteiger partial charge in [-0.05, 0) is 43.0 Å². The molecule has 0 radical (unpaired) electrons. The van der Waals surface area contributed by atoms with Crippen molar-refractivity contribution in [2.24, 2.45) is 0 Å². The molecule has 2 N–H and O–H groups in total. The van der Waals surface area contributed by atoms with E-state index in [0.29, 0.717) is 18.9 Å². The molecule has 5 nitrogen and oxygen atoms in total. The molecule has 1 aliphatic heterocycles. The molecule has 5 heteroatoms. The lowest BCUT2D eigenvalue weighted by Gasteiger charge is -2.17. The van der Waals surface area contributed by atoms with Crippen LogP contribution >= 0.6 is 0 Å². The zero-order chi connectivity index (χ0) is 18.6. The second-order valence-electron chi connectivity index (χ2n) is 7.39. The lowest BCUT2D eigenvalue weighted by atomic mass is 9.94. The molecule has 1 aromatic heterocycles. The van der Waals surface area contributed by atoms with Crippen molar-refractivity contribution in [3.8, 4) is 0 Å². The molecular formula is C22H26N4O. The first-order valence-electron chi connectivity index (χ1n) is 9.67. The number of carbonyl (C=O) groups is 1. The first kappa shape index (κ1) is 17.7. The number of rotatable bonds is 6. The highest BCUT2D eigenvalue weighted by molar-refractivity contribution is 5.87. The number of fused-ring (bicyclic) bond motifs is 1. The molecule has 0 bridgehead atoms. The van der Waals surface area contributed by atoms with Crippen LogP contribution < -0.4 is 5.32 Å². The van der Waals surface area contributed by atoms with E-state index in [4.69, 9.17) is 0 Å². The van der Waals surface area contributed by atoms with Crippen molar-refractivity contribution in [2.75, 3.05) is 26.2 Å². The Hall–Kier alpha value is -2.66. The molecule has 1 aliphatic rings. The molecule has 1 saturated heterocycles. The van der Waals surface area contributed by atoms with Crippen LogP contribution in [0.4, 0.5) is 0 Å². The minimum absolute atomic E-state index is 0.0408. The third-order valence-corrected chi connectivity index (χ3v) is 5.53. The molecule has 1 amide bonds. The number of hydrogen-bond donors (Lipinski definition) is 2. The first-order chi connectivity index (χ1) is 13.2. The molecule has 2 heterocycles. The quantitative estimate of drug-likeness (QED) is 0.709. The molecule has 0 spiro atoms. The summed E-state index contributed by atoms with van der Waals surface area (Å²) in [5.74, 6) is 0.650. The van der Waals surface area contributed by atoms with Crippen LogP contribution in [0.1, 0.15) is 29.2 Å². The Morgan fingerprint density at radius 2 is 2.04 bits per heavy atom. The smallest absolute Gasteiger partial charge is 0.226 e. The van der Waals surface area contributed by atoms with Crippen LogP contribution in [0.5, 0.6) is 0 Å². The fraction of sp³-hybridized carbons (Fsp3) is 0.364. The number of nitrogens with zero attached hydrogens (tertiary/aromatic N) is 2. The number of nitrogens with one attached hydrogen (secondary N) is 2. The van der Waals surface area contributed by atoms with Crippen LogP contribution in [-0.2, 0) is 11.2 Å². The summed E-state index contributed by atoms with van der Waals surface area (Å²) in [7, 11) is 0. The van der Waals surface area contributed by atoms with Gasteiger partial charge in [-0.25, -0.2) is 0 Å². The average molecular weight is 362 g/mol. The van der Waals surface area contributed by atoms with Gasteiger partial charge in [-0.1, -0.05) is 42.5 Å². The highest BCUT2D eigenvalue weighted by atomic mass is 16.1. The summed E-state index contributed by atoms with van der Waals surface area (Å²) in [6.45, 7) is 5.95. The number of hydrogen-bond acceptors (Lipinski definition) is 3. The van der Waals surface area contributed by atoms with Crippen molar-refractivity contribution >= 4 is 16.8 Å². The second-order valence-corrected chi connectivity index (χ2v) is 7.39. The molecule has 140 valence electrons. The van der Waals surface area contributed by atoms with Crippen molar-refractivity contribution < 1.29 is 4.79 Å². The maximum Gasteiger partial charge on any atom is 0.226 e. The molecule has 1 unspecified atom stereocenters. The largest absolute Gasteiger partial charge is 0.354 e. The van der Waals surface area contributed by atoms with Gasteiger partial charge in [0.25, 0.3) is 0 Å². The highest BCUT2D eigenvalue weighted by Crippen LogP contribution is 2.28. The zero-order valence-electron chi connectivity index (χ0n) is 15.7. The Bertz CT molecular complexity index is 933. The van der Waals surface area contributed by atoms with Gasteiger partial charge in [0.2, 0.25) is 5.91 Å². The van der Waals surface area contributed by atoms with Gasteiger partial charge in [0, 0.05) is 25.0 Å². The summed E-state index contributed by atoms with van der Waals surface area (Å²) >= 11 is 0. The van der Waals surface area contributed by atoms with Gasteiger partial charge in [-0.15, -0.1) is 0 Å². The van der Waals surface area contributed by atoms with Crippen LogP contribution in [0.3, 0.4) is 0 Å². The molecule has 27 heavy (non-hydrogen) atoms. The van der Waals surface area contributed by atoms with E-state index < -0.39 is 0 Å². The number of carbonyl (C=O) groups excluding carboxylic acids is 1. The van der Waals surface area contributed by atoms with Gasteiger partial charge < -0.3 is 10.2 Å². The Morgan fingerprint density at radius 1 is 1.22 bits per heavy atom. The topological polar surface area (TPSA) is 61.0 Å². The number of para-hydroxylation sites is 1. The lowest BCUT2D eigenvalue weighted by molar-refractivity contribution is -0.120. The van der Waals surface area contributed by atoms with E-state index in [9.17, 15) is 4.79 Å². The molecule has 1 fully saturated rings. The minimum atomic E-state index is 0.0408. The molecule has 3 aromatic rings. The van der Waals surface area contributed by atoms with Crippen LogP contribution in [0.2, 0.25) is 0 Å². The Balaban J connectivity index is 1.24. The van der Waals surface area contributed by atoms with Crippen LogP contribution in [0.25, 0.3) is 10.9 Å². The summed E-state index contributed by atoms with van der Waals surface area (Å²) in [4.78, 5) is 14.7. The minimum Gasteiger partial charge on any atom is -0.354 e. The third kappa shape index (κ3) is 4.03. The molecule has 2 aromatic carbocycles. The zero-order valence-corrected chi connectivity index (χ0v) is 15.7. The number of amides is 1. The van der Waals surface area contributed by atoms with Gasteiger partial charge in [0.15, 0.2) is 0 Å². The van der Waals surface area contributed by atoms with E-state index in [2.05, 4.69) is 51.6 Å². The van der Waals surface area contributed by atoms with Gasteiger partial charge in [-0.2, -0.15) is 5.10 Å². The second kappa shape index (κ2) is 7.92. The molecule has 4 rings (SSSR count). The van der Waals surface area contributed by atoms with Crippen LogP contribution in [0, 0.1) is 6.92 Å². The van der Waals surface area contributed by atoms with Gasteiger partial charge in [-0.3, -0.25) is 9.89 Å². The Kier molecular flexibility index (Phi) is 5.21. The van der Waals surface area contributed by atoms with E-state index in [1.54, 1.807) is 0 Å². The molecule has 0 saturated carbocycles. The van der Waals surface area contributed by atoms with E-state index in [1.807, 2.05) is 24.3 Å². The Morgan fingerprint density at radius 3 is 2.93 bits per heavy atom. The maximum absolute atomic E-state index is 12.3. The predicted molar refractivity (Wildman–Crippen MR) is 108 cm³/mol. The van der Waals surface area contributed by atoms with Gasteiger partial charge in [0.1, 0.15) is 0 Å². The van der Waals surface area contributed by atoms with E-state index in [1.165, 1.54) is 17.5 Å². The highest BCUT2D eigenvalue weighted by Gasteiger charge is 2.24. The lowest BCUT2D eigenvalue weighted by Crippen LogP contribution is -2.34. The summed E-state index contributed by atoms with van der Waals surface area (Å²) < 4.78 is 0.